The van der Waals surface area contributed by atoms with Crippen LogP contribution in [0.15, 0.2) is 0 Å². The maximum absolute atomic E-state index is 12.0. The van der Waals surface area contributed by atoms with Gasteiger partial charge in [0.05, 0.1) is 13.2 Å². The Morgan fingerprint density at radius 1 is 1.24 bits per heavy atom. The van der Waals surface area contributed by atoms with Crippen molar-refractivity contribution in [1.29, 1.82) is 0 Å². The highest BCUT2D eigenvalue weighted by Gasteiger charge is 2.19. The van der Waals surface area contributed by atoms with Gasteiger partial charge in [-0.05, 0) is 7.05 Å². The second kappa shape index (κ2) is 12.1. The first-order valence-corrected chi connectivity index (χ1v) is 5.58. The van der Waals surface area contributed by atoms with Crippen LogP contribution in [0.2, 0.25) is 0 Å². The van der Waals surface area contributed by atoms with E-state index in [1.807, 2.05) is 14.0 Å². The van der Waals surface area contributed by atoms with Crippen molar-refractivity contribution in [2.45, 2.75) is 6.92 Å². The fourth-order valence-electron chi connectivity index (χ4n) is 1.44. The van der Waals surface area contributed by atoms with E-state index in [-0.39, 0.29) is 24.2 Å². The molecular formula is C11H25ClN2O3. The summed E-state index contributed by atoms with van der Waals surface area (Å²) in [6.45, 7) is 4.96. The normalized spacial score (nSPS) is 11.8. The van der Waals surface area contributed by atoms with E-state index >= 15 is 0 Å². The van der Waals surface area contributed by atoms with E-state index in [0.29, 0.717) is 32.8 Å². The molecule has 1 amide bonds. The number of methoxy groups -OCH3 is 2. The number of amides is 1. The number of halogens is 1. The Bertz CT molecular complexity index is 186. The molecule has 0 spiro atoms. The van der Waals surface area contributed by atoms with E-state index in [4.69, 9.17) is 9.47 Å². The molecule has 0 aliphatic heterocycles. The number of nitrogens with one attached hydrogen (secondary N) is 1. The van der Waals surface area contributed by atoms with Gasteiger partial charge in [-0.1, -0.05) is 6.92 Å². The van der Waals surface area contributed by atoms with Gasteiger partial charge >= 0.3 is 0 Å². The van der Waals surface area contributed by atoms with Gasteiger partial charge in [-0.2, -0.15) is 0 Å². The zero-order valence-corrected chi connectivity index (χ0v) is 12.0. The summed E-state index contributed by atoms with van der Waals surface area (Å²) in [5.74, 6) is 0.127. The number of ether oxygens (including phenoxy) is 2. The van der Waals surface area contributed by atoms with Crippen LogP contribution in [0.5, 0.6) is 0 Å². The Balaban J connectivity index is 0. The zero-order valence-electron chi connectivity index (χ0n) is 11.2. The summed E-state index contributed by atoms with van der Waals surface area (Å²) in [4.78, 5) is 13.8. The predicted octanol–water partition coefficient (Wildman–Crippen LogP) is 0.385. The van der Waals surface area contributed by atoms with Crippen molar-refractivity contribution in [2.24, 2.45) is 5.92 Å². The van der Waals surface area contributed by atoms with Crippen molar-refractivity contribution >= 4 is 18.3 Å². The summed E-state index contributed by atoms with van der Waals surface area (Å²) in [6.07, 6.45) is 0. The number of carbonyl (C=O) groups excluding carboxylic acids is 1. The second-order valence-corrected chi connectivity index (χ2v) is 3.77. The lowest BCUT2D eigenvalue weighted by atomic mass is 10.1. The van der Waals surface area contributed by atoms with Crippen LogP contribution in [0.1, 0.15) is 6.92 Å². The average molecular weight is 269 g/mol. The first-order chi connectivity index (χ1) is 7.67. The van der Waals surface area contributed by atoms with Crippen LogP contribution in [0.4, 0.5) is 0 Å². The molecule has 6 heteroatoms. The van der Waals surface area contributed by atoms with E-state index in [1.165, 1.54) is 0 Å². The summed E-state index contributed by atoms with van der Waals surface area (Å²) in [5.41, 5.74) is 0. The zero-order chi connectivity index (χ0) is 12.4. The summed E-state index contributed by atoms with van der Waals surface area (Å²) in [7, 11) is 5.12. The molecule has 0 aliphatic carbocycles. The molecule has 1 atom stereocenters. The molecule has 1 N–H and O–H groups in total. The molecule has 104 valence electrons. The summed E-state index contributed by atoms with van der Waals surface area (Å²) in [6, 6.07) is 0. The molecule has 0 aromatic carbocycles. The Kier molecular flexibility index (Phi) is 13.5. The lowest BCUT2D eigenvalue weighted by molar-refractivity contribution is -0.136. The van der Waals surface area contributed by atoms with Crippen LogP contribution in [0, 0.1) is 5.92 Å². The molecule has 0 heterocycles. The second-order valence-electron chi connectivity index (χ2n) is 3.77. The minimum atomic E-state index is -0.0151. The molecule has 0 aliphatic rings. The highest BCUT2D eigenvalue weighted by molar-refractivity contribution is 5.85. The largest absolute Gasteiger partial charge is 0.383 e. The van der Waals surface area contributed by atoms with Crippen LogP contribution in [-0.4, -0.2) is 64.9 Å². The van der Waals surface area contributed by atoms with Crippen molar-refractivity contribution in [1.82, 2.24) is 10.2 Å². The molecular weight excluding hydrogens is 244 g/mol. The van der Waals surface area contributed by atoms with Crippen LogP contribution in [0.25, 0.3) is 0 Å². The third kappa shape index (κ3) is 8.37. The lowest BCUT2D eigenvalue weighted by Gasteiger charge is -2.25. The molecule has 0 saturated carbocycles. The Morgan fingerprint density at radius 3 is 2.06 bits per heavy atom. The van der Waals surface area contributed by atoms with Crippen LogP contribution in [-0.2, 0) is 14.3 Å². The molecule has 0 fully saturated rings. The Labute approximate surface area is 110 Å². The number of nitrogens with zero attached hydrogens (tertiary/aromatic N) is 1. The first kappa shape index (κ1) is 19.0. The van der Waals surface area contributed by atoms with Crippen LogP contribution < -0.4 is 5.32 Å². The SMILES string of the molecule is CNCC(C)C(=O)N(CCOC)CCOC.Cl. The molecule has 5 nitrogen and oxygen atoms in total. The van der Waals surface area contributed by atoms with E-state index in [1.54, 1.807) is 19.1 Å². The van der Waals surface area contributed by atoms with Gasteiger partial charge in [0.1, 0.15) is 0 Å². The van der Waals surface area contributed by atoms with Crippen molar-refractivity contribution in [3.05, 3.63) is 0 Å². The number of hydrogen-bond donors (Lipinski definition) is 1. The summed E-state index contributed by atoms with van der Waals surface area (Å²) in [5, 5.41) is 3.01. The van der Waals surface area contributed by atoms with E-state index < -0.39 is 0 Å². The van der Waals surface area contributed by atoms with Gasteiger partial charge < -0.3 is 19.7 Å². The topological polar surface area (TPSA) is 50.8 Å². The first-order valence-electron chi connectivity index (χ1n) is 5.58. The fraction of sp³-hybridized carbons (Fsp3) is 0.909. The quantitative estimate of drug-likeness (QED) is 0.657. The van der Waals surface area contributed by atoms with Gasteiger partial charge in [0, 0.05) is 39.8 Å². The fourth-order valence-corrected chi connectivity index (χ4v) is 1.44. The van der Waals surface area contributed by atoms with Crippen molar-refractivity contribution < 1.29 is 14.3 Å². The van der Waals surface area contributed by atoms with E-state index in [2.05, 4.69) is 5.32 Å². The average Bonchev–Trinajstić information content (AvgIpc) is 2.29. The van der Waals surface area contributed by atoms with Crippen molar-refractivity contribution in [3.8, 4) is 0 Å². The van der Waals surface area contributed by atoms with E-state index in [9.17, 15) is 4.79 Å². The highest BCUT2D eigenvalue weighted by atomic mass is 35.5. The van der Waals surface area contributed by atoms with Gasteiger partial charge in [-0.15, -0.1) is 12.4 Å². The standard InChI is InChI=1S/C11H24N2O3.ClH/c1-10(9-12-2)11(14)13(5-7-15-3)6-8-16-4;/h10,12H,5-9H2,1-4H3;1H. The maximum Gasteiger partial charge on any atom is 0.226 e. The van der Waals surface area contributed by atoms with Crippen molar-refractivity contribution in [2.75, 3.05) is 54.1 Å². The molecule has 0 rings (SSSR count). The molecule has 1 unspecified atom stereocenters. The molecule has 17 heavy (non-hydrogen) atoms. The predicted molar refractivity (Wildman–Crippen MR) is 70.7 cm³/mol. The van der Waals surface area contributed by atoms with Gasteiger partial charge in [0.25, 0.3) is 0 Å². The van der Waals surface area contributed by atoms with Gasteiger partial charge in [-0.3, -0.25) is 4.79 Å². The Morgan fingerprint density at radius 2 is 1.71 bits per heavy atom. The van der Waals surface area contributed by atoms with Gasteiger partial charge in [0.2, 0.25) is 5.91 Å². The summed E-state index contributed by atoms with van der Waals surface area (Å²) >= 11 is 0. The monoisotopic (exact) mass is 268 g/mol. The maximum atomic E-state index is 12.0. The highest BCUT2D eigenvalue weighted by Crippen LogP contribution is 2.01. The Hall–Kier alpha value is -0.360. The van der Waals surface area contributed by atoms with Gasteiger partial charge in [-0.25, -0.2) is 0 Å². The smallest absolute Gasteiger partial charge is 0.226 e. The lowest BCUT2D eigenvalue weighted by Crippen LogP contribution is -2.42. The summed E-state index contributed by atoms with van der Waals surface area (Å²) < 4.78 is 9.98. The number of rotatable bonds is 9. The number of hydrogen-bond acceptors (Lipinski definition) is 4. The van der Waals surface area contributed by atoms with E-state index in [0.717, 1.165) is 0 Å². The van der Waals surface area contributed by atoms with Crippen LogP contribution in [0.3, 0.4) is 0 Å². The molecule has 0 radical (unpaired) electrons. The minimum Gasteiger partial charge on any atom is -0.383 e. The van der Waals surface area contributed by atoms with Crippen molar-refractivity contribution in [3.63, 3.8) is 0 Å². The molecule has 0 aromatic heterocycles. The minimum absolute atomic E-state index is 0. The molecule has 0 saturated heterocycles. The van der Waals surface area contributed by atoms with Crippen LogP contribution >= 0.6 is 12.4 Å². The molecule has 0 bridgehead atoms. The molecule has 0 aromatic rings. The third-order valence-electron chi connectivity index (χ3n) is 2.37. The number of carbonyl (C=O) groups is 1. The third-order valence-corrected chi connectivity index (χ3v) is 2.37. The van der Waals surface area contributed by atoms with Gasteiger partial charge in [0.15, 0.2) is 0 Å².